The van der Waals surface area contributed by atoms with Crippen LogP contribution in [0.3, 0.4) is 0 Å². The van der Waals surface area contributed by atoms with Gasteiger partial charge in [-0.1, -0.05) is 0 Å². The second-order valence-corrected chi connectivity index (χ2v) is 15.7. The molecule has 0 spiro atoms. The first-order valence-electron chi connectivity index (χ1n) is 14.4. The third-order valence-electron chi connectivity index (χ3n) is 10.2. The maximum absolute atomic E-state index is 13.3. The zero-order valence-electron chi connectivity index (χ0n) is 27.6. The van der Waals surface area contributed by atoms with Gasteiger partial charge in [-0.3, -0.25) is 14.0 Å². The number of rotatable bonds is 11. The van der Waals surface area contributed by atoms with Gasteiger partial charge in [0.05, 0.1) is 19.1 Å². The minimum Gasteiger partial charge on any atom is -0.737 e. The molecule has 24 heteroatoms. The molecule has 0 aromatic rings. The molecule has 0 aromatic carbocycles. The molecular formula is C24H44N5O17S2-. The van der Waals surface area contributed by atoms with Gasteiger partial charge in [-0.15, -0.1) is 5.01 Å². The summed E-state index contributed by atoms with van der Waals surface area (Å²) in [7, 11) is -8.72. The van der Waals surface area contributed by atoms with Crippen molar-refractivity contribution in [2.24, 2.45) is 5.28 Å². The zero-order chi connectivity index (χ0) is 37.1. The van der Waals surface area contributed by atoms with E-state index in [0.29, 0.717) is 0 Å². The summed E-state index contributed by atoms with van der Waals surface area (Å²) in [6.45, 7) is 5.99. The topological polar surface area (TPSA) is 313 Å². The highest BCUT2D eigenvalue weighted by atomic mass is 32.2. The van der Waals surface area contributed by atoms with Gasteiger partial charge in [0, 0.05) is 38.8 Å². The third-order valence-corrected chi connectivity index (χ3v) is 12.2. The van der Waals surface area contributed by atoms with Crippen LogP contribution in [0.5, 0.6) is 0 Å². The Morgan fingerprint density at radius 2 is 1.52 bits per heavy atom. The van der Waals surface area contributed by atoms with E-state index in [1.807, 2.05) is 0 Å². The van der Waals surface area contributed by atoms with Gasteiger partial charge in [0.15, 0.2) is 17.7 Å². The fourth-order valence-corrected chi connectivity index (χ4v) is 8.93. The van der Waals surface area contributed by atoms with Gasteiger partial charge in [-0.2, -0.15) is 21.6 Å². The lowest BCUT2D eigenvalue weighted by Gasteiger charge is -2.64. The van der Waals surface area contributed by atoms with Crippen LogP contribution in [0.15, 0.2) is 5.28 Å². The predicted octanol–water partition coefficient (Wildman–Crippen LogP) is -2.36. The summed E-state index contributed by atoms with van der Waals surface area (Å²) in [6.07, 6.45) is -3.71. The molecule has 0 saturated carbocycles. The first-order chi connectivity index (χ1) is 21.6. The maximum atomic E-state index is 13.3. The number of nitrogens with zero attached hydrogens (tertiary/aromatic N) is 4. The van der Waals surface area contributed by atoms with Crippen LogP contribution in [0.25, 0.3) is 0 Å². The molecule has 22 nitrogen and oxygen atoms in total. The lowest BCUT2D eigenvalue weighted by molar-refractivity contribution is -0.692. The average Bonchev–Trinajstić information content (AvgIpc) is 2.95. The van der Waals surface area contributed by atoms with Gasteiger partial charge in [-0.25, -0.2) is 4.79 Å². The quantitative estimate of drug-likeness (QED) is 0.0559. The second-order valence-electron chi connectivity index (χ2n) is 12.9. The first-order valence-corrected chi connectivity index (χ1v) is 17.4. The van der Waals surface area contributed by atoms with E-state index in [-0.39, 0.29) is 37.7 Å². The normalized spacial score (nSPS) is 43.7. The molecule has 3 fully saturated rings. The number of piperazine rings is 1. The molecule has 10 atom stereocenters. The SMILES string of the molecule is COC1(C)OC(CN2CCN(/[N+]([O-])=N/[O-])CC2)C(C)(OC2(C)OC(C(=O)O)C(C)(OC)C(C)(O)C2(C)O)C(S(=O)(=O)O)C1NS(=O)(=O)O. The number of hydrogen-bond donors (Lipinski definition) is 6. The van der Waals surface area contributed by atoms with Crippen molar-refractivity contribution in [1.82, 2.24) is 14.6 Å². The Balaban J connectivity index is 2.27. The lowest BCUT2D eigenvalue weighted by Crippen LogP contribution is -2.85. The van der Waals surface area contributed by atoms with Gasteiger partial charge >= 0.3 is 16.3 Å². The Labute approximate surface area is 277 Å². The first kappa shape index (κ1) is 40.4. The summed E-state index contributed by atoms with van der Waals surface area (Å²) in [5.74, 6) is -6.69. The van der Waals surface area contributed by atoms with Gasteiger partial charge in [0.1, 0.15) is 33.8 Å². The van der Waals surface area contributed by atoms with Crippen molar-refractivity contribution in [2.45, 2.75) is 99.0 Å². The number of aliphatic carboxylic acids is 1. The van der Waals surface area contributed by atoms with Crippen LogP contribution in [0.1, 0.15) is 41.5 Å². The minimum atomic E-state index is -5.52. The fourth-order valence-electron chi connectivity index (χ4n) is 6.72. The van der Waals surface area contributed by atoms with Crippen LogP contribution in [-0.2, 0) is 48.9 Å². The summed E-state index contributed by atoms with van der Waals surface area (Å²) in [5.41, 5.74) is -9.99. The molecule has 3 rings (SSSR count). The highest BCUT2D eigenvalue weighted by Crippen LogP contribution is 2.54. The Kier molecular flexibility index (Phi) is 10.9. The minimum absolute atomic E-state index is 0.0377. The Morgan fingerprint density at radius 1 is 0.979 bits per heavy atom. The van der Waals surface area contributed by atoms with E-state index in [9.17, 15) is 56.5 Å². The summed E-state index contributed by atoms with van der Waals surface area (Å²) in [4.78, 5) is 13.9. The number of carboxylic acid groups (broad SMARTS) is 1. The van der Waals surface area contributed by atoms with E-state index < -0.39 is 83.9 Å². The number of carbonyl (C=O) groups is 1. The summed E-state index contributed by atoms with van der Waals surface area (Å²) in [6, 6.07) is -2.20. The molecule has 0 amide bonds. The van der Waals surface area contributed by atoms with Crippen LogP contribution in [-0.4, -0.2) is 167 Å². The van der Waals surface area contributed by atoms with Gasteiger partial charge < -0.3 is 49.4 Å². The molecule has 3 heterocycles. The van der Waals surface area contributed by atoms with Crippen molar-refractivity contribution in [3.8, 4) is 0 Å². The van der Waals surface area contributed by atoms with Crippen molar-refractivity contribution in [1.29, 1.82) is 0 Å². The van der Waals surface area contributed by atoms with E-state index in [2.05, 4.69) is 5.28 Å². The van der Waals surface area contributed by atoms with Crippen LogP contribution in [0, 0.1) is 10.4 Å². The summed E-state index contributed by atoms with van der Waals surface area (Å²) >= 11 is 0. The Morgan fingerprint density at radius 3 is 1.94 bits per heavy atom. The molecule has 3 aliphatic rings. The van der Waals surface area contributed by atoms with E-state index in [1.165, 1.54) is 0 Å². The number of hydrogen-bond acceptors (Lipinski definition) is 16. The highest BCUT2D eigenvalue weighted by molar-refractivity contribution is 7.86. The fraction of sp³-hybridized carbons (Fsp3) is 0.958. The number of hydrazine groups is 1. The molecular weight excluding hydrogens is 694 g/mol. The smallest absolute Gasteiger partial charge is 0.336 e. The van der Waals surface area contributed by atoms with Crippen LogP contribution >= 0.6 is 0 Å². The Hall–Kier alpha value is -2.07. The molecule has 3 aliphatic heterocycles. The van der Waals surface area contributed by atoms with Crippen molar-refractivity contribution >= 4 is 26.4 Å². The lowest BCUT2D eigenvalue weighted by atomic mass is 9.64. The highest BCUT2D eigenvalue weighted by Gasteiger charge is 2.76. The molecule has 0 aliphatic carbocycles. The van der Waals surface area contributed by atoms with Crippen molar-refractivity contribution in [3.63, 3.8) is 0 Å². The Bertz CT molecular complexity index is 1470. The average molecular weight is 739 g/mol. The largest absolute Gasteiger partial charge is 0.737 e. The van der Waals surface area contributed by atoms with E-state index in [1.54, 1.807) is 9.62 Å². The molecule has 0 radical (unpaired) electrons. The molecule has 0 bridgehead atoms. The van der Waals surface area contributed by atoms with Gasteiger partial charge in [0.25, 0.3) is 10.1 Å². The summed E-state index contributed by atoms with van der Waals surface area (Å²) in [5, 5.41) is 57.1. The van der Waals surface area contributed by atoms with Crippen LogP contribution in [0.2, 0.25) is 0 Å². The van der Waals surface area contributed by atoms with Crippen LogP contribution < -0.4 is 4.72 Å². The van der Waals surface area contributed by atoms with E-state index in [0.717, 1.165) is 60.8 Å². The number of carboxylic acids is 1. The molecule has 6 N–H and O–H groups in total. The molecule has 0 aromatic heterocycles. The number of methoxy groups -OCH3 is 2. The number of nitrogens with one attached hydrogen (secondary N) is 1. The molecule has 280 valence electrons. The maximum Gasteiger partial charge on any atom is 0.336 e. The van der Waals surface area contributed by atoms with Crippen molar-refractivity contribution in [3.05, 3.63) is 10.4 Å². The monoisotopic (exact) mass is 738 g/mol. The van der Waals surface area contributed by atoms with Crippen LogP contribution in [0.4, 0.5) is 0 Å². The van der Waals surface area contributed by atoms with E-state index >= 15 is 0 Å². The standard InChI is InChI=1S/C24H45N5O17S2/c1-19(46-24(6)23(5,33)22(4,32)20(2,42-7)16(45-24)18(30)31)14(13-27-9-11-28(12-10-27)29(35)26-34)44-21(3,43-8)15(25-48(39,40)41)17(19)47(36,37)38/h14-17,25,32-34H,9-13H2,1-8H3,(H,30,31)(H,36,37,38)(H,39,40,41)/p-1/b29-26-. The second kappa shape index (κ2) is 12.9. The zero-order valence-corrected chi connectivity index (χ0v) is 29.2. The van der Waals surface area contributed by atoms with Crippen molar-refractivity contribution < 1.29 is 74.7 Å². The predicted molar refractivity (Wildman–Crippen MR) is 159 cm³/mol. The van der Waals surface area contributed by atoms with Gasteiger partial charge in [0.2, 0.25) is 0 Å². The van der Waals surface area contributed by atoms with E-state index in [4.69, 9.17) is 23.7 Å². The van der Waals surface area contributed by atoms with Gasteiger partial charge in [-0.05, 0) is 46.8 Å². The van der Waals surface area contributed by atoms with Crippen molar-refractivity contribution in [2.75, 3.05) is 46.9 Å². The number of aliphatic hydroxyl groups is 2. The number of ether oxygens (including phenoxy) is 5. The molecule has 48 heavy (non-hydrogen) atoms. The third kappa shape index (κ3) is 6.70. The summed E-state index contributed by atoms with van der Waals surface area (Å²) < 4.78 is 102. The molecule has 10 unspecified atom stereocenters. The molecule has 3 saturated heterocycles.